The number of fused-ring (bicyclic) bond motifs is 2. The number of ether oxygens (including phenoxy) is 1. The molecule has 0 unspecified atom stereocenters. The fourth-order valence-electron chi connectivity index (χ4n) is 3.32. The van der Waals surface area contributed by atoms with Gasteiger partial charge in [0.25, 0.3) is 5.91 Å². The van der Waals surface area contributed by atoms with Crippen molar-refractivity contribution in [1.29, 1.82) is 0 Å². The maximum absolute atomic E-state index is 12.7. The summed E-state index contributed by atoms with van der Waals surface area (Å²) in [6, 6.07) is 12.0. The molecule has 4 rings (SSSR count). The average Bonchev–Trinajstić information content (AvgIpc) is 3.04. The molecule has 2 N–H and O–H groups in total. The van der Waals surface area contributed by atoms with Crippen LogP contribution in [-0.4, -0.2) is 23.2 Å². The number of benzene rings is 2. The van der Waals surface area contributed by atoms with Crippen LogP contribution in [-0.2, 0) is 0 Å². The zero-order chi connectivity index (χ0) is 19.8. The number of amides is 1. The average molecular weight is 377 g/mol. The van der Waals surface area contributed by atoms with E-state index in [2.05, 4.69) is 15.5 Å². The third-order valence-electron chi connectivity index (χ3n) is 4.81. The van der Waals surface area contributed by atoms with Gasteiger partial charge in [-0.25, -0.2) is 0 Å². The van der Waals surface area contributed by atoms with Crippen molar-refractivity contribution in [2.45, 2.75) is 19.9 Å². The molecular formula is C21H19N3O4. The number of aromatic nitrogens is 2. The number of carbonyl (C=O) groups is 1. The molecule has 2 aromatic carbocycles. The molecule has 7 heteroatoms. The summed E-state index contributed by atoms with van der Waals surface area (Å²) in [7, 11) is 1.61. The zero-order valence-corrected chi connectivity index (χ0v) is 15.7. The lowest BCUT2D eigenvalue weighted by Crippen LogP contribution is -2.32. The monoisotopic (exact) mass is 377 g/mol. The second kappa shape index (κ2) is 6.84. The molecule has 0 saturated heterocycles. The summed E-state index contributed by atoms with van der Waals surface area (Å²) in [5, 5.41) is 10.8. The van der Waals surface area contributed by atoms with Crippen molar-refractivity contribution in [3.8, 4) is 5.75 Å². The van der Waals surface area contributed by atoms with E-state index in [-0.39, 0.29) is 5.69 Å². The van der Waals surface area contributed by atoms with E-state index in [1.54, 1.807) is 38.3 Å². The Bertz CT molecular complexity index is 1260. The predicted octanol–water partition coefficient (Wildman–Crippen LogP) is 3.48. The molecule has 0 bridgehead atoms. The Morgan fingerprint density at radius 2 is 2.00 bits per heavy atom. The molecule has 7 nitrogen and oxygen atoms in total. The van der Waals surface area contributed by atoms with Crippen molar-refractivity contribution in [2.75, 3.05) is 7.11 Å². The van der Waals surface area contributed by atoms with E-state index in [0.29, 0.717) is 22.2 Å². The van der Waals surface area contributed by atoms with Crippen LogP contribution in [0, 0.1) is 6.92 Å². The lowest BCUT2D eigenvalue weighted by Gasteiger charge is -2.12. The van der Waals surface area contributed by atoms with Gasteiger partial charge in [-0.1, -0.05) is 12.1 Å². The van der Waals surface area contributed by atoms with E-state index >= 15 is 0 Å². The van der Waals surface area contributed by atoms with Gasteiger partial charge < -0.3 is 14.5 Å². The smallest absolute Gasteiger partial charge is 0.276 e. The first-order valence-corrected chi connectivity index (χ1v) is 8.85. The third kappa shape index (κ3) is 2.90. The highest BCUT2D eigenvalue weighted by Gasteiger charge is 2.22. The van der Waals surface area contributed by atoms with Crippen LogP contribution in [0.5, 0.6) is 5.75 Å². The number of nitrogens with zero attached hydrogens (tertiary/aromatic N) is 1. The van der Waals surface area contributed by atoms with Crippen LogP contribution in [0.3, 0.4) is 0 Å². The van der Waals surface area contributed by atoms with Gasteiger partial charge in [0.2, 0.25) is 5.43 Å². The first-order valence-electron chi connectivity index (χ1n) is 8.85. The van der Waals surface area contributed by atoms with Gasteiger partial charge in [0.15, 0.2) is 5.69 Å². The van der Waals surface area contributed by atoms with Crippen molar-refractivity contribution < 1.29 is 13.9 Å². The molecule has 1 amide bonds. The summed E-state index contributed by atoms with van der Waals surface area (Å²) in [5.41, 5.74) is 1.60. The summed E-state index contributed by atoms with van der Waals surface area (Å²) in [6.45, 7) is 3.72. The standard InChI is InChI=1S/C21H19N3O4/c1-11-15-10-13(27-3)8-9-17(15)28-20(11)12(2)22-21(26)18-19(25)14-6-4-5-7-16(14)23-24-18/h4-10,12H,1-3H3,(H,22,26)(H,23,25)/t12-/m0/s1. The topological polar surface area (TPSA) is 97.2 Å². The molecular weight excluding hydrogens is 358 g/mol. The Morgan fingerprint density at radius 1 is 1.21 bits per heavy atom. The molecule has 28 heavy (non-hydrogen) atoms. The van der Waals surface area contributed by atoms with Crippen LogP contribution in [0.25, 0.3) is 21.9 Å². The molecule has 2 aromatic heterocycles. The number of carbonyl (C=O) groups excluding carboxylic acids is 1. The number of methoxy groups -OCH3 is 1. The number of aryl methyl sites for hydroxylation is 1. The van der Waals surface area contributed by atoms with Crippen molar-refractivity contribution >= 4 is 27.8 Å². The van der Waals surface area contributed by atoms with E-state index in [1.807, 2.05) is 25.1 Å². The first-order chi connectivity index (χ1) is 13.5. The lowest BCUT2D eigenvalue weighted by atomic mass is 10.1. The van der Waals surface area contributed by atoms with Gasteiger partial charge in [-0.2, -0.15) is 5.10 Å². The van der Waals surface area contributed by atoms with Gasteiger partial charge in [-0.05, 0) is 44.2 Å². The van der Waals surface area contributed by atoms with Crippen LogP contribution >= 0.6 is 0 Å². The molecule has 4 aromatic rings. The fraction of sp³-hybridized carbons (Fsp3) is 0.190. The first kappa shape index (κ1) is 17.8. The molecule has 0 spiro atoms. The molecule has 0 aliphatic carbocycles. The van der Waals surface area contributed by atoms with Gasteiger partial charge in [0, 0.05) is 16.3 Å². The molecule has 0 fully saturated rings. The van der Waals surface area contributed by atoms with Gasteiger partial charge in [-0.15, -0.1) is 0 Å². The summed E-state index contributed by atoms with van der Waals surface area (Å²) in [5.74, 6) is 0.789. The SMILES string of the molecule is COc1ccc2oc([C@H](C)NC(=O)c3n[nH]c4ccccc4c3=O)c(C)c2c1. The molecule has 1 atom stereocenters. The van der Waals surface area contributed by atoms with E-state index in [9.17, 15) is 9.59 Å². The normalized spacial score (nSPS) is 12.2. The third-order valence-corrected chi connectivity index (χ3v) is 4.81. The van der Waals surface area contributed by atoms with Crippen LogP contribution in [0.4, 0.5) is 0 Å². The number of hydrogen-bond donors (Lipinski definition) is 2. The number of furan rings is 1. The van der Waals surface area contributed by atoms with Crippen molar-refractivity contribution in [1.82, 2.24) is 15.5 Å². The lowest BCUT2D eigenvalue weighted by molar-refractivity contribution is 0.0928. The Kier molecular flexibility index (Phi) is 4.35. The maximum atomic E-state index is 12.7. The largest absolute Gasteiger partial charge is 0.497 e. The minimum Gasteiger partial charge on any atom is -0.497 e. The quantitative estimate of drug-likeness (QED) is 0.567. The number of rotatable bonds is 4. The number of nitrogens with one attached hydrogen (secondary N) is 2. The Morgan fingerprint density at radius 3 is 2.79 bits per heavy atom. The predicted molar refractivity (Wildman–Crippen MR) is 106 cm³/mol. The summed E-state index contributed by atoms with van der Waals surface area (Å²) in [6.07, 6.45) is 0. The summed E-state index contributed by atoms with van der Waals surface area (Å²) >= 11 is 0. The Balaban J connectivity index is 1.65. The van der Waals surface area contributed by atoms with Gasteiger partial charge in [-0.3, -0.25) is 14.7 Å². The number of aromatic amines is 1. The van der Waals surface area contributed by atoms with Crippen LogP contribution in [0.2, 0.25) is 0 Å². The van der Waals surface area contributed by atoms with E-state index in [4.69, 9.17) is 9.15 Å². The fourth-order valence-corrected chi connectivity index (χ4v) is 3.32. The second-order valence-corrected chi connectivity index (χ2v) is 6.60. The van der Waals surface area contributed by atoms with Crippen LogP contribution in [0.1, 0.15) is 34.8 Å². The van der Waals surface area contributed by atoms with Gasteiger partial charge in [0.1, 0.15) is 17.1 Å². The molecule has 2 heterocycles. The minimum absolute atomic E-state index is 0.180. The minimum atomic E-state index is -0.558. The highest BCUT2D eigenvalue weighted by molar-refractivity contribution is 5.95. The maximum Gasteiger partial charge on any atom is 0.276 e. The van der Waals surface area contributed by atoms with Crippen LogP contribution < -0.4 is 15.5 Å². The van der Waals surface area contributed by atoms with Crippen molar-refractivity contribution in [3.05, 3.63) is 69.7 Å². The number of H-pyrrole nitrogens is 1. The highest BCUT2D eigenvalue weighted by Crippen LogP contribution is 2.31. The van der Waals surface area contributed by atoms with Gasteiger partial charge in [0.05, 0.1) is 18.7 Å². The van der Waals surface area contributed by atoms with Crippen molar-refractivity contribution in [2.24, 2.45) is 0 Å². The van der Waals surface area contributed by atoms with Crippen molar-refractivity contribution in [3.63, 3.8) is 0 Å². The zero-order valence-electron chi connectivity index (χ0n) is 15.7. The summed E-state index contributed by atoms with van der Waals surface area (Å²) in [4.78, 5) is 25.3. The highest BCUT2D eigenvalue weighted by atomic mass is 16.5. The molecule has 0 aliphatic heterocycles. The van der Waals surface area contributed by atoms with E-state index in [0.717, 1.165) is 16.7 Å². The Labute approximate surface area is 160 Å². The number of para-hydroxylation sites is 1. The van der Waals surface area contributed by atoms with E-state index < -0.39 is 17.4 Å². The van der Waals surface area contributed by atoms with E-state index in [1.165, 1.54) is 0 Å². The molecule has 142 valence electrons. The molecule has 0 radical (unpaired) electrons. The Hall–Kier alpha value is -3.61. The molecule has 0 aliphatic rings. The second-order valence-electron chi connectivity index (χ2n) is 6.60. The van der Waals surface area contributed by atoms with Gasteiger partial charge >= 0.3 is 0 Å². The molecule has 0 saturated carbocycles. The summed E-state index contributed by atoms with van der Waals surface area (Å²) < 4.78 is 11.2. The number of hydrogen-bond acceptors (Lipinski definition) is 5. The van der Waals surface area contributed by atoms with Crippen LogP contribution in [0.15, 0.2) is 51.7 Å².